The van der Waals surface area contributed by atoms with E-state index >= 15 is 8.78 Å². The van der Waals surface area contributed by atoms with Crippen LogP contribution in [-0.2, 0) is 0 Å². The number of anilines is 2. The van der Waals surface area contributed by atoms with Crippen molar-refractivity contribution < 1.29 is 17.9 Å². The molecular weight excluding hydrogens is 541 g/mol. The van der Waals surface area contributed by atoms with Crippen LogP contribution in [-0.4, -0.2) is 71.4 Å². The molecule has 0 spiro atoms. The normalized spacial score (nSPS) is 27.3. The Morgan fingerprint density at radius 2 is 1.95 bits per heavy atom. The fourth-order valence-electron chi connectivity index (χ4n) is 7.85. The molecule has 42 heavy (non-hydrogen) atoms. The molecule has 1 unspecified atom stereocenters. The maximum Gasteiger partial charge on any atom is 0.319 e. The Balaban J connectivity index is 1.28. The average molecular weight is 575 g/mol. The molecule has 2 bridgehead atoms. The molecule has 4 atom stereocenters. The molecule has 0 saturated carbocycles. The zero-order chi connectivity index (χ0) is 28.6. The predicted molar refractivity (Wildman–Crippen MR) is 158 cm³/mol. The molecule has 4 aromatic rings. The van der Waals surface area contributed by atoms with E-state index < -0.39 is 23.3 Å². The Morgan fingerprint density at radius 3 is 2.76 bits per heavy atom. The van der Waals surface area contributed by atoms with E-state index in [9.17, 15) is 4.39 Å². The van der Waals surface area contributed by atoms with Gasteiger partial charge in [0.25, 0.3) is 0 Å². The number of rotatable bonds is 5. The maximum absolute atomic E-state index is 16.7. The molecule has 218 valence electrons. The number of aromatic nitrogens is 2. The number of nitrogen functional groups attached to an aromatic ring is 1. The highest BCUT2D eigenvalue weighted by Crippen LogP contribution is 2.42. The third-order valence-corrected chi connectivity index (χ3v) is 9.85. The molecule has 5 saturated heterocycles. The molecule has 0 aliphatic carbocycles. The number of hydrogen-bond donors (Lipinski definition) is 2. The van der Waals surface area contributed by atoms with Crippen molar-refractivity contribution in [1.82, 2.24) is 20.2 Å². The highest BCUT2D eigenvalue weighted by atomic mass is 19.1. The monoisotopic (exact) mass is 574 g/mol. The summed E-state index contributed by atoms with van der Waals surface area (Å²) in [5, 5.41) is 5.32. The number of nitrogens with one attached hydrogen (secondary N) is 1. The van der Waals surface area contributed by atoms with Crippen molar-refractivity contribution in [3.8, 4) is 17.1 Å². The summed E-state index contributed by atoms with van der Waals surface area (Å²) >= 11 is 0. The minimum Gasteiger partial charge on any atom is -0.461 e. The zero-order valence-electron chi connectivity index (χ0n) is 23.3. The first-order valence-corrected chi connectivity index (χ1v) is 14.9. The van der Waals surface area contributed by atoms with Crippen LogP contribution < -0.4 is 20.7 Å². The summed E-state index contributed by atoms with van der Waals surface area (Å²) in [6.07, 6.45) is 3.34. The molecule has 9 rings (SSSR count). The number of nitrogens with zero attached hydrogens (tertiary/aromatic N) is 4. The van der Waals surface area contributed by atoms with Crippen LogP contribution in [0.2, 0.25) is 0 Å². The second kappa shape index (κ2) is 9.70. The summed E-state index contributed by atoms with van der Waals surface area (Å²) in [7, 11) is 0. The van der Waals surface area contributed by atoms with E-state index in [2.05, 4.69) is 20.1 Å². The minimum absolute atomic E-state index is 0.00267. The SMILES string of the molecule is Nc1cc(-c2c(F)cc3c(N4C[C@@H]5CCC4CN5)nc(OC[C@@]45CCCN4C[C@H](F)C5)nc3c2F)c2ccccc2c1. The van der Waals surface area contributed by atoms with Gasteiger partial charge in [-0.2, -0.15) is 9.97 Å². The van der Waals surface area contributed by atoms with Crippen LogP contribution in [0.15, 0.2) is 42.5 Å². The minimum atomic E-state index is -0.894. The number of benzene rings is 3. The molecule has 5 aliphatic heterocycles. The maximum atomic E-state index is 16.7. The molecular formula is C32H33F3N6O. The van der Waals surface area contributed by atoms with Gasteiger partial charge in [-0.3, -0.25) is 4.90 Å². The van der Waals surface area contributed by atoms with Crippen molar-refractivity contribution in [2.24, 2.45) is 0 Å². The Labute approximate surface area is 241 Å². The van der Waals surface area contributed by atoms with Gasteiger partial charge >= 0.3 is 6.01 Å². The molecule has 5 aliphatic rings. The molecule has 1 aromatic heterocycles. The van der Waals surface area contributed by atoms with E-state index in [0.717, 1.165) is 44.2 Å². The van der Waals surface area contributed by atoms with E-state index in [4.69, 9.17) is 15.5 Å². The number of halogens is 3. The molecule has 3 N–H and O–H groups in total. The number of ether oxygens (including phenoxy) is 1. The predicted octanol–water partition coefficient (Wildman–Crippen LogP) is 5.21. The Hall–Kier alpha value is -3.63. The first-order chi connectivity index (χ1) is 20.4. The molecule has 0 amide bonds. The van der Waals surface area contributed by atoms with E-state index in [-0.39, 0.29) is 35.8 Å². The number of piperidine rings is 2. The van der Waals surface area contributed by atoms with Gasteiger partial charge in [-0.15, -0.1) is 0 Å². The number of nitrogens with two attached hydrogens (primary N) is 1. The van der Waals surface area contributed by atoms with Crippen LogP contribution in [0.4, 0.5) is 24.7 Å². The van der Waals surface area contributed by atoms with Crippen LogP contribution in [0.5, 0.6) is 6.01 Å². The lowest BCUT2D eigenvalue weighted by molar-refractivity contribution is 0.107. The number of hydrogen-bond acceptors (Lipinski definition) is 7. The smallest absolute Gasteiger partial charge is 0.319 e. The van der Waals surface area contributed by atoms with Crippen molar-refractivity contribution in [3.63, 3.8) is 0 Å². The largest absolute Gasteiger partial charge is 0.461 e. The highest BCUT2D eigenvalue weighted by molar-refractivity contribution is 6.02. The number of fused-ring (bicyclic) bond motifs is 6. The Kier molecular flexibility index (Phi) is 6.01. The molecule has 0 radical (unpaired) electrons. The van der Waals surface area contributed by atoms with Gasteiger partial charge < -0.3 is 20.7 Å². The topological polar surface area (TPSA) is 79.5 Å². The lowest BCUT2D eigenvalue weighted by atomic mass is 9.92. The molecule has 3 aromatic carbocycles. The fourth-order valence-corrected chi connectivity index (χ4v) is 7.85. The third kappa shape index (κ3) is 4.10. The van der Waals surface area contributed by atoms with Crippen LogP contribution in [0.25, 0.3) is 32.8 Å². The standard InChI is InChI=1S/C32H33F3N6O/c33-19-13-32(8-3-9-40(32)15-19)17-42-31-38-29-25(30(39-31)41-16-21-6-7-22(41)14-37-21)12-26(34)27(28(29)35)24-11-20(36)10-18-4-1-2-5-23(18)24/h1-2,4-5,10-12,19,21-22,37H,3,6-9,13-17,36H2/t19-,21+,22?,32+/m1/s1. The summed E-state index contributed by atoms with van der Waals surface area (Å²) in [6.45, 7) is 2.93. The van der Waals surface area contributed by atoms with Crippen LogP contribution in [0, 0.1) is 11.6 Å². The lowest BCUT2D eigenvalue weighted by Gasteiger charge is -2.46. The van der Waals surface area contributed by atoms with Crippen molar-refractivity contribution in [2.75, 3.05) is 43.4 Å². The van der Waals surface area contributed by atoms with Gasteiger partial charge in [-0.1, -0.05) is 24.3 Å². The quantitative estimate of drug-likeness (QED) is 0.317. The van der Waals surface area contributed by atoms with Crippen LogP contribution >= 0.6 is 0 Å². The second-order valence-electron chi connectivity index (χ2n) is 12.4. The van der Waals surface area contributed by atoms with Gasteiger partial charge in [-0.05, 0) is 66.8 Å². The first-order valence-electron chi connectivity index (χ1n) is 14.9. The summed E-state index contributed by atoms with van der Waals surface area (Å²) < 4.78 is 53.4. The van der Waals surface area contributed by atoms with Gasteiger partial charge in [0.1, 0.15) is 29.9 Å². The molecule has 7 nitrogen and oxygen atoms in total. The summed E-state index contributed by atoms with van der Waals surface area (Å²) in [6, 6.07) is 12.6. The van der Waals surface area contributed by atoms with E-state index in [1.807, 2.05) is 24.3 Å². The fraction of sp³-hybridized carbons (Fsp3) is 0.438. The van der Waals surface area contributed by atoms with Gasteiger partial charge in [-0.25, -0.2) is 13.2 Å². The Morgan fingerprint density at radius 1 is 1.07 bits per heavy atom. The third-order valence-electron chi connectivity index (χ3n) is 9.85. The van der Waals surface area contributed by atoms with E-state index in [1.54, 1.807) is 12.1 Å². The van der Waals surface area contributed by atoms with Crippen molar-refractivity contribution >= 4 is 33.2 Å². The molecule has 10 heteroatoms. The van der Waals surface area contributed by atoms with Crippen LogP contribution in [0.1, 0.15) is 32.1 Å². The van der Waals surface area contributed by atoms with Crippen LogP contribution in [0.3, 0.4) is 0 Å². The van der Waals surface area contributed by atoms with Crippen molar-refractivity contribution in [3.05, 3.63) is 54.1 Å². The molecule has 6 heterocycles. The van der Waals surface area contributed by atoms with E-state index in [1.165, 1.54) is 6.07 Å². The van der Waals surface area contributed by atoms with Gasteiger partial charge in [0.05, 0.1) is 11.1 Å². The highest BCUT2D eigenvalue weighted by Gasteiger charge is 2.49. The Bertz CT molecular complexity index is 1710. The summed E-state index contributed by atoms with van der Waals surface area (Å²) in [5.74, 6) is -1.00. The van der Waals surface area contributed by atoms with Gasteiger partial charge in [0.15, 0.2) is 5.82 Å². The number of piperazine rings is 1. The van der Waals surface area contributed by atoms with Crippen molar-refractivity contribution in [2.45, 2.75) is 55.9 Å². The van der Waals surface area contributed by atoms with Gasteiger partial charge in [0, 0.05) is 49.2 Å². The summed E-state index contributed by atoms with van der Waals surface area (Å²) in [5.41, 5.74) is 6.37. The molecule has 5 fully saturated rings. The zero-order valence-corrected chi connectivity index (χ0v) is 23.3. The van der Waals surface area contributed by atoms with E-state index in [0.29, 0.717) is 47.4 Å². The lowest BCUT2D eigenvalue weighted by Crippen LogP contribution is -2.61. The first kappa shape index (κ1) is 26.0. The summed E-state index contributed by atoms with van der Waals surface area (Å²) in [4.78, 5) is 13.6. The average Bonchev–Trinajstić information content (AvgIpc) is 3.52. The van der Waals surface area contributed by atoms with Crippen molar-refractivity contribution in [1.29, 1.82) is 0 Å². The second-order valence-corrected chi connectivity index (χ2v) is 12.4. The number of alkyl halides is 1. The van der Waals surface area contributed by atoms with Gasteiger partial charge in [0.2, 0.25) is 0 Å².